The van der Waals surface area contributed by atoms with Gasteiger partial charge in [0, 0.05) is 12.4 Å². The van der Waals surface area contributed by atoms with Crippen LogP contribution in [0, 0.1) is 0 Å². The van der Waals surface area contributed by atoms with Crippen molar-refractivity contribution in [3.05, 3.63) is 48.8 Å². The third-order valence-corrected chi connectivity index (χ3v) is 5.04. The van der Waals surface area contributed by atoms with Crippen molar-refractivity contribution in [1.82, 2.24) is 9.97 Å². The van der Waals surface area contributed by atoms with E-state index in [0.29, 0.717) is 10.1 Å². The molecule has 0 fully saturated rings. The van der Waals surface area contributed by atoms with E-state index in [0.717, 1.165) is 0 Å². The summed E-state index contributed by atoms with van der Waals surface area (Å²) in [6.07, 6.45) is 3.03. The van der Waals surface area contributed by atoms with Gasteiger partial charge in [0.1, 0.15) is 10.1 Å². The molecule has 6 heteroatoms. The summed E-state index contributed by atoms with van der Waals surface area (Å²) in [6.45, 7) is 0. The number of nitrogens with zero attached hydrogens (tertiary/aromatic N) is 2. The molecule has 0 aliphatic heterocycles. The van der Waals surface area contributed by atoms with E-state index in [2.05, 4.69) is 9.97 Å². The van der Waals surface area contributed by atoms with Crippen LogP contribution in [0.25, 0.3) is 0 Å². The largest absolute Gasteiger partial charge is 0.246 e. The molecule has 0 amide bonds. The number of pyridine rings is 2. The number of hydrogen-bond donors (Lipinski definition) is 0. The number of aromatic nitrogens is 2. The predicted molar refractivity (Wildman–Crippen MR) is 61.3 cm³/mol. The Labute approximate surface area is 97.1 Å². The molecule has 0 aliphatic carbocycles. The Bertz CT molecular complexity index is 467. The summed E-state index contributed by atoms with van der Waals surface area (Å²) in [4.78, 5) is 7.81. The van der Waals surface area contributed by atoms with Gasteiger partial charge in [0.25, 0.3) is 0 Å². The second kappa shape index (κ2) is 5.09. The van der Waals surface area contributed by atoms with Gasteiger partial charge < -0.3 is 0 Å². The summed E-state index contributed by atoms with van der Waals surface area (Å²) < 4.78 is 23.7. The highest BCUT2D eigenvalue weighted by atomic mass is 33.1. The molecule has 0 bridgehead atoms. The van der Waals surface area contributed by atoms with Gasteiger partial charge in [-0.05, 0) is 24.3 Å². The molecule has 4 nitrogen and oxygen atoms in total. The highest BCUT2D eigenvalue weighted by molar-refractivity contribution is 8.61. The van der Waals surface area contributed by atoms with E-state index in [-0.39, 0.29) is 0 Å². The van der Waals surface area contributed by atoms with Crippen LogP contribution in [0.15, 0.2) is 58.8 Å². The fourth-order valence-corrected chi connectivity index (χ4v) is 3.55. The standard InChI is InChI=1S/C10H8N2O2S2/c13-15(9-5-1-3-7-11-9)16(14)10-6-2-4-8-12-10/h1-8H/t15-,16-/m0/s1. The first kappa shape index (κ1) is 11.1. The Morgan fingerprint density at radius 3 is 1.50 bits per heavy atom. The van der Waals surface area contributed by atoms with Crippen molar-refractivity contribution in [2.45, 2.75) is 10.1 Å². The van der Waals surface area contributed by atoms with Crippen LogP contribution in [-0.2, 0) is 19.7 Å². The van der Waals surface area contributed by atoms with Crippen LogP contribution in [0.4, 0.5) is 0 Å². The van der Waals surface area contributed by atoms with Crippen LogP contribution in [0.1, 0.15) is 0 Å². The van der Waals surface area contributed by atoms with Crippen LogP contribution in [-0.4, -0.2) is 18.4 Å². The molecular formula is C10H8N2O2S2. The lowest BCUT2D eigenvalue weighted by atomic mass is 10.5. The highest BCUT2D eigenvalue weighted by Gasteiger charge is 2.16. The molecule has 2 rings (SSSR count). The molecular weight excluding hydrogens is 244 g/mol. The quantitative estimate of drug-likeness (QED) is 0.773. The van der Waals surface area contributed by atoms with Crippen molar-refractivity contribution < 1.29 is 8.42 Å². The SMILES string of the molecule is O=[S@](c1ccccn1)[S@](=O)c1ccccn1. The van der Waals surface area contributed by atoms with E-state index in [1.807, 2.05) is 0 Å². The fraction of sp³-hybridized carbons (Fsp3) is 0. The molecule has 0 saturated heterocycles. The second-order valence-corrected chi connectivity index (χ2v) is 6.40. The summed E-state index contributed by atoms with van der Waals surface area (Å²) in [7, 11) is -3.36. The molecule has 0 radical (unpaired) electrons. The van der Waals surface area contributed by atoms with E-state index >= 15 is 0 Å². The minimum Gasteiger partial charge on any atom is -0.246 e. The van der Waals surface area contributed by atoms with E-state index < -0.39 is 19.7 Å². The lowest BCUT2D eigenvalue weighted by Gasteiger charge is -1.99. The van der Waals surface area contributed by atoms with Gasteiger partial charge in [-0.1, -0.05) is 12.1 Å². The van der Waals surface area contributed by atoms with Gasteiger partial charge in [-0.3, -0.25) is 0 Å². The maximum atomic E-state index is 11.9. The molecule has 2 aromatic heterocycles. The molecule has 0 spiro atoms. The van der Waals surface area contributed by atoms with E-state index in [1.54, 1.807) is 36.4 Å². The van der Waals surface area contributed by atoms with Crippen molar-refractivity contribution >= 4 is 19.7 Å². The molecule has 2 heterocycles. The Morgan fingerprint density at radius 2 is 1.19 bits per heavy atom. The lowest BCUT2D eigenvalue weighted by molar-refractivity contribution is 0.673. The van der Waals surface area contributed by atoms with Crippen LogP contribution in [0.3, 0.4) is 0 Å². The monoisotopic (exact) mass is 252 g/mol. The second-order valence-electron chi connectivity index (χ2n) is 2.81. The zero-order valence-corrected chi connectivity index (χ0v) is 9.78. The first-order chi connectivity index (χ1) is 7.79. The molecule has 0 aromatic carbocycles. The van der Waals surface area contributed by atoms with Crippen LogP contribution >= 0.6 is 0 Å². The molecule has 0 unspecified atom stereocenters. The summed E-state index contributed by atoms with van der Waals surface area (Å²) in [5, 5.41) is 0.595. The Hall–Kier alpha value is -1.40. The minimum atomic E-state index is -1.68. The first-order valence-corrected chi connectivity index (χ1v) is 7.27. The molecule has 2 atom stereocenters. The maximum absolute atomic E-state index is 11.9. The smallest absolute Gasteiger partial charge is 0.168 e. The summed E-state index contributed by atoms with van der Waals surface area (Å²) in [5.74, 6) is 0. The van der Waals surface area contributed by atoms with Crippen molar-refractivity contribution in [3.63, 3.8) is 0 Å². The van der Waals surface area contributed by atoms with Crippen molar-refractivity contribution in [2.75, 3.05) is 0 Å². The summed E-state index contributed by atoms with van der Waals surface area (Å²) in [5.41, 5.74) is 0. The van der Waals surface area contributed by atoms with Crippen molar-refractivity contribution in [1.29, 1.82) is 0 Å². The topological polar surface area (TPSA) is 59.9 Å². The van der Waals surface area contributed by atoms with Gasteiger partial charge >= 0.3 is 0 Å². The Balaban J connectivity index is 2.28. The first-order valence-electron chi connectivity index (χ1n) is 4.45. The van der Waals surface area contributed by atoms with E-state index in [1.165, 1.54) is 12.4 Å². The van der Waals surface area contributed by atoms with Gasteiger partial charge in [-0.2, -0.15) is 0 Å². The van der Waals surface area contributed by atoms with Gasteiger partial charge in [-0.15, -0.1) is 0 Å². The minimum absolute atomic E-state index is 0.298. The fourth-order valence-electron chi connectivity index (χ4n) is 1.05. The normalized spacial score (nSPS) is 14.2. The molecule has 82 valence electrons. The number of hydrogen-bond acceptors (Lipinski definition) is 4. The van der Waals surface area contributed by atoms with Gasteiger partial charge in [0.2, 0.25) is 0 Å². The Kier molecular flexibility index (Phi) is 3.53. The molecule has 0 N–H and O–H groups in total. The molecule has 16 heavy (non-hydrogen) atoms. The van der Waals surface area contributed by atoms with E-state index in [9.17, 15) is 8.42 Å². The van der Waals surface area contributed by atoms with Gasteiger partial charge in [0.15, 0.2) is 19.7 Å². The highest BCUT2D eigenvalue weighted by Crippen LogP contribution is 2.12. The Morgan fingerprint density at radius 1 is 0.750 bits per heavy atom. The van der Waals surface area contributed by atoms with E-state index in [4.69, 9.17) is 0 Å². The third-order valence-electron chi connectivity index (χ3n) is 1.75. The molecule has 2 aromatic rings. The van der Waals surface area contributed by atoms with Gasteiger partial charge in [0.05, 0.1) is 0 Å². The van der Waals surface area contributed by atoms with Gasteiger partial charge in [-0.25, -0.2) is 18.4 Å². The number of rotatable bonds is 3. The zero-order valence-electron chi connectivity index (χ0n) is 8.15. The predicted octanol–water partition coefficient (Wildman–Crippen LogP) is 1.31. The van der Waals surface area contributed by atoms with Crippen LogP contribution in [0.2, 0.25) is 0 Å². The summed E-state index contributed by atoms with van der Waals surface area (Å²) >= 11 is 0. The average Bonchev–Trinajstić information content (AvgIpc) is 2.39. The molecule has 0 aliphatic rings. The van der Waals surface area contributed by atoms with Crippen molar-refractivity contribution in [2.24, 2.45) is 0 Å². The summed E-state index contributed by atoms with van der Waals surface area (Å²) in [6, 6.07) is 9.99. The third kappa shape index (κ3) is 2.40. The van der Waals surface area contributed by atoms with Crippen LogP contribution < -0.4 is 0 Å². The lowest BCUT2D eigenvalue weighted by Crippen LogP contribution is -2.04. The zero-order chi connectivity index (χ0) is 11.4. The average molecular weight is 252 g/mol. The van der Waals surface area contributed by atoms with Crippen molar-refractivity contribution in [3.8, 4) is 0 Å². The molecule has 0 saturated carbocycles. The van der Waals surface area contributed by atoms with Crippen LogP contribution in [0.5, 0.6) is 0 Å². The maximum Gasteiger partial charge on any atom is 0.168 e.